The molecule has 30 heteroatoms. The van der Waals surface area contributed by atoms with E-state index in [1.165, 1.54) is 22.7 Å². The molecule has 1 N–H and O–H groups in total. The van der Waals surface area contributed by atoms with Gasteiger partial charge in [-0.2, -0.15) is 58.5 Å². The highest BCUT2D eigenvalue weighted by atomic mass is 32.3. The van der Waals surface area contributed by atoms with E-state index in [1.807, 2.05) is 137 Å². The maximum Gasteiger partial charge on any atom is 0.512 e. The summed E-state index contributed by atoms with van der Waals surface area (Å²) in [5.41, 5.74) is -0.833. The number of sulfonamides is 2. The molecule has 0 saturated carbocycles. The Bertz CT molecular complexity index is 5110. The highest BCUT2D eigenvalue weighted by molar-refractivity contribution is 8.05. The van der Waals surface area contributed by atoms with Gasteiger partial charge in [-0.25, -0.2) is 26.8 Å². The lowest BCUT2D eigenvalue weighted by atomic mass is 9.50. The zero-order chi connectivity index (χ0) is 64.3. The number of benzene rings is 7. The van der Waals surface area contributed by atoms with Crippen LogP contribution in [0.3, 0.4) is 0 Å². The van der Waals surface area contributed by atoms with Crippen LogP contribution in [-0.4, -0.2) is 80.4 Å². The van der Waals surface area contributed by atoms with Gasteiger partial charge in [0, 0.05) is 34.1 Å². The van der Waals surface area contributed by atoms with Crippen LogP contribution in [0.2, 0.25) is 0 Å². The van der Waals surface area contributed by atoms with Gasteiger partial charge >= 0.3 is 48.9 Å². The van der Waals surface area contributed by atoms with E-state index in [1.54, 1.807) is 42.5 Å². The number of nitrogens with one attached hydrogen (secondary N) is 1. The summed E-state index contributed by atoms with van der Waals surface area (Å²) >= 11 is 2.48. The molecule has 0 atom stereocenters. The number of rotatable bonds is 18. The molecule has 11 aromatic rings. The molecule has 454 valence electrons. The van der Waals surface area contributed by atoms with Crippen LogP contribution in [0.1, 0.15) is 26.8 Å². The highest BCUT2D eigenvalue weighted by Crippen LogP contribution is 2.51. The third-order valence-corrected chi connectivity index (χ3v) is 21.2. The molecule has 0 aliphatic heterocycles. The van der Waals surface area contributed by atoms with Crippen molar-refractivity contribution < 1.29 is 69.0 Å². The summed E-state index contributed by atoms with van der Waals surface area (Å²) in [5.74, 6) is -9.00. The number of fused-ring (bicyclic) bond motifs is 3. The molecule has 4 aromatic heterocycles. The lowest BCUT2D eigenvalue weighted by molar-refractivity contribution is -0.245. The van der Waals surface area contributed by atoms with Crippen LogP contribution < -0.4 is 35.4 Å². The lowest BCUT2D eigenvalue weighted by Gasteiger charge is -2.31. The van der Waals surface area contributed by atoms with Crippen LogP contribution in [-0.2, 0) is 36.6 Å². The van der Waals surface area contributed by atoms with Crippen LogP contribution in [0, 0.1) is 29.6 Å². The maximum atomic E-state index is 15.5. The van der Waals surface area contributed by atoms with Crippen molar-refractivity contribution in [3.05, 3.63) is 226 Å². The van der Waals surface area contributed by atoms with Gasteiger partial charge in [-0.15, -0.1) is 22.7 Å². The maximum absolute atomic E-state index is 15.5. The number of nitrogens with zero attached hydrogens (tertiary/aromatic N) is 6. The van der Waals surface area contributed by atoms with E-state index in [9.17, 15) is 57.7 Å². The van der Waals surface area contributed by atoms with Crippen LogP contribution in [0.25, 0.3) is 53.6 Å². The second kappa shape index (κ2) is 23.4. The summed E-state index contributed by atoms with van der Waals surface area (Å²) < 4.78 is 212. The molecule has 0 unspecified atom stereocenters. The fourth-order valence-corrected chi connectivity index (χ4v) is 15.7. The topological polar surface area (TPSA) is 207 Å². The second-order valence-corrected chi connectivity index (χ2v) is 27.5. The van der Waals surface area contributed by atoms with E-state index in [-0.39, 0.29) is 35.6 Å². The van der Waals surface area contributed by atoms with Gasteiger partial charge in [0.1, 0.15) is 39.0 Å². The van der Waals surface area contributed by atoms with Gasteiger partial charge < -0.3 is 13.1 Å². The first-order chi connectivity index (χ1) is 42.6. The van der Waals surface area contributed by atoms with Crippen molar-refractivity contribution in [3.63, 3.8) is 0 Å². The minimum absolute atomic E-state index is 0.00647. The Balaban J connectivity index is 1.23. The smallest absolute Gasteiger partial charge is 0.386 e. The van der Waals surface area contributed by atoms with Crippen LogP contribution >= 0.6 is 22.7 Å². The Morgan fingerprint density at radius 3 is 1.57 bits per heavy atom. The van der Waals surface area contributed by atoms with Gasteiger partial charge in [0.15, 0.2) is 0 Å². The third kappa shape index (κ3) is 10.9. The molecule has 0 bridgehead atoms. The molecule has 90 heavy (non-hydrogen) atoms. The average molecular weight is 1320 g/mol. The molecule has 0 spiro atoms. The molecular formula is C60H38B2F9N7O7S5. The first kappa shape index (κ1) is 62.6. The van der Waals surface area contributed by atoms with Crippen molar-refractivity contribution in [2.75, 3.05) is 0 Å². The molecule has 14 nitrogen and oxygen atoms in total. The van der Waals surface area contributed by atoms with E-state index in [2.05, 4.69) is 16.3 Å². The summed E-state index contributed by atoms with van der Waals surface area (Å²) in [7, 11) is -23.1. The molecule has 0 radical (unpaired) electrons. The fraction of sp³-hybridized carbons (Fsp3) is 0.100. The number of aromatic nitrogens is 4. The Morgan fingerprint density at radius 1 is 0.589 bits per heavy atom. The van der Waals surface area contributed by atoms with Crippen molar-refractivity contribution in [3.8, 4) is 29.1 Å². The van der Waals surface area contributed by atoms with Crippen molar-refractivity contribution in [1.82, 2.24) is 23.1 Å². The van der Waals surface area contributed by atoms with Crippen molar-refractivity contribution >= 4 is 126 Å². The third-order valence-electron chi connectivity index (χ3n) is 14.5. The number of aryl methyl sites for hydroxylation is 1. The van der Waals surface area contributed by atoms with Crippen LogP contribution in [0.5, 0.6) is 5.75 Å². The Morgan fingerprint density at radius 2 is 1.07 bits per heavy atom. The monoisotopic (exact) mass is 1320 g/mol. The molecule has 11 rings (SSSR count). The summed E-state index contributed by atoms with van der Waals surface area (Å²) in [4.78, 5) is 10.0. The van der Waals surface area contributed by atoms with Gasteiger partial charge in [0.25, 0.3) is 17.4 Å². The van der Waals surface area contributed by atoms with Crippen LogP contribution in [0.15, 0.2) is 188 Å². The Hall–Kier alpha value is -9.03. The van der Waals surface area contributed by atoms with Crippen molar-refractivity contribution in [2.45, 2.75) is 35.3 Å². The number of thiazole rings is 2. The van der Waals surface area contributed by atoms with E-state index < -0.39 is 68.8 Å². The summed E-state index contributed by atoms with van der Waals surface area (Å²) in [5, 5.41) is 10.9. The number of hydrogen-bond donors (Lipinski definition) is 1. The summed E-state index contributed by atoms with van der Waals surface area (Å²) in [6.45, 7) is 1.12. The molecule has 0 saturated heterocycles. The zero-order valence-electron chi connectivity index (χ0n) is 45.9. The van der Waals surface area contributed by atoms with Gasteiger partial charge in [0.2, 0.25) is 0 Å². The van der Waals surface area contributed by atoms with Crippen molar-refractivity contribution in [1.29, 1.82) is 10.5 Å². The normalized spacial score (nSPS) is 13.5. The number of hydrogen-bond acceptors (Lipinski definition) is 13. The van der Waals surface area contributed by atoms with Gasteiger partial charge in [-0.05, 0) is 54.4 Å². The summed E-state index contributed by atoms with van der Waals surface area (Å²) in [6, 6.07) is 58.4. The minimum atomic E-state index is -8.05. The predicted octanol–water partition coefficient (Wildman–Crippen LogP) is 9.15. The molecule has 0 aliphatic rings. The number of halogens is 9. The average Bonchev–Trinajstić information content (AvgIpc) is 1.46. The molecule has 7 aromatic carbocycles. The van der Waals surface area contributed by atoms with Crippen molar-refractivity contribution in [2.24, 2.45) is 0 Å². The first-order valence-corrected chi connectivity index (χ1v) is 32.4. The molecule has 0 amide bonds. The quantitative estimate of drug-likeness (QED) is 0.0487. The predicted molar refractivity (Wildman–Crippen MR) is 327 cm³/mol. The second-order valence-electron chi connectivity index (χ2n) is 20.2. The highest BCUT2D eigenvalue weighted by Gasteiger charge is 2.83. The molecule has 0 aliphatic carbocycles. The lowest BCUT2D eigenvalue weighted by Crippen LogP contribution is -2.64. The standard InChI is InChI=1S/C60H38B2F9N7O7S5/c1-36-17-11-12-24-42(36)53-51-50(54(44(35-73)56-75-46-26-14-16-28-49(46)87-56)78(53)62(39-20-7-3-8-21-39)40-22-9-4-10-23-40)47(77(61-38-18-5-2-6-19-38)52(51)43(34-72)55-74-45-25-13-15-27-48(45)86-55)33-37-29-31-41(32-30-37)85-90(83,84)59(67,68)57(63,64)58(65,66)88(79,80)76-89(81,82)60(69,70)71/h2-32,61,76H,33H2,1H3/b52-43-,54-44-. The first-order valence-electron chi connectivity index (χ1n) is 26.4. The van der Waals surface area contributed by atoms with Gasteiger partial charge in [-0.1, -0.05) is 172 Å². The number of nitriles is 2. The molecule has 4 heterocycles. The Kier molecular flexibility index (Phi) is 16.3. The van der Waals surface area contributed by atoms with Gasteiger partial charge in [-0.3, -0.25) is 0 Å². The number of para-hydroxylation sites is 2. The molecular weight excluding hydrogens is 1280 g/mol. The number of alkyl halides is 9. The zero-order valence-corrected chi connectivity index (χ0v) is 50.0. The van der Waals surface area contributed by atoms with E-state index in [4.69, 9.17) is 9.97 Å². The molecule has 0 fully saturated rings. The minimum Gasteiger partial charge on any atom is -0.386 e. The van der Waals surface area contributed by atoms with E-state index >= 15 is 17.6 Å². The van der Waals surface area contributed by atoms with E-state index in [0.29, 0.717) is 72.1 Å². The summed E-state index contributed by atoms with van der Waals surface area (Å²) in [6.07, 6.45) is -0.287. The Labute approximate surface area is 515 Å². The van der Waals surface area contributed by atoms with Crippen LogP contribution in [0.4, 0.5) is 39.5 Å². The van der Waals surface area contributed by atoms with Gasteiger partial charge in [0.05, 0.1) is 31.1 Å². The van der Waals surface area contributed by atoms with E-state index in [0.717, 1.165) is 38.0 Å². The SMILES string of the molecule is Cc1ccccc1-c1c2/c(=C(\C#N)c3nc4ccccc4s3)n(Bc3ccccc3)c(Cc3ccc(OS(=O)(=O)C(F)(F)C(F)(F)C(F)(F)S(=O)(=O)NS(=O)(=O)C(F)(F)F)cc3)c2/c(=C(\C#N)c2nc3ccccc3s2)n1B(c1ccccc1)c1ccccc1. The largest absolute Gasteiger partial charge is 0.512 e. The fourth-order valence-electron chi connectivity index (χ4n) is 10.4.